The molecule has 4 heteroatoms. The average molecular weight is 281 g/mol. The van der Waals surface area contributed by atoms with Crippen molar-refractivity contribution in [1.29, 1.82) is 0 Å². The Morgan fingerprint density at radius 3 is 2.24 bits per heavy atom. The van der Waals surface area contributed by atoms with Crippen molar-refractivity contribution in [1.82, 2.24) is 4.98 Å². The van der Waals surface area contributed by atoms with Gasteiger partial charge in [0.1, 0.15) is 11.5 Å². The smallest absolute Gasteiger partial charge is 0.249 e. The maximum absolute atomic E-state index is 12.0. The molecule has 0 unspecified atom stereocenters. The van der Waals surface area contributed by atoms with Crippen LogP contribution in [0.15, 0.2) is 53.3 Å². The van der Waals surface area contributed by atoms with Crippen LogP contribution in [0.25, 0.3) is 22.0 Å². The zero-order valence-corrected chi connectivity index (χ0v) is 11.8. The SMILES string of the molecule is COc1ccc(OC)c2c(-c3ccccc3)cc(=O)[nH]c12. The fraction of sp³-hybridized carbons (Fsp3) is 0.118. The summed E-state index contributed by atoms with van der Waals surface area (Å²) < 4.78 is 10.8. The van der Waals surface area contributed by atoms with Crippen LogP contribution in [0.3, 0.4) is 0 Å². The van der Waals surface area contributed by atoms with Gasteiger partial charge >= 0.3 is 0 Å². The minimum Gasteiger partial charge on any atom is -0.496 e. The Morgan fingerprint density at radius 1 is 0.905 bits per heavy atom. The van der Waals surface area contributed by atoms with Gasteiger partial charge < -0.3 is 14.5 Å². The maximum atomic E-state index is 12.0. The number of nitrogens with one attached hydrogen (secondary N) is 1. The number of aromatic amines is 1. The largest absolute Gasteiger partial charge is 0.496 e. The van der Waals surface area contributed by atoms with Crippen molar-refractivity contribution in [2.75, 3.05) is 14.2 Å². The van der Waals surface area contributed by atoms with Crippen molar-refractivity contribution in [2.45, 2.75) is 0 Å². The van der Waals surface area contributed by atoms with Gasteiger partial charge in [-0.15, -0.1) is 0 Å². The first-order valence-electron chi connectivity index (χ1n) is 6.58. The second-order valence-corrected chi connectivity index (χ2v) is 4.63. The average Bonchev–Trinajstić information content (AvgIpc) is 2.53. The molecule has 0 spiro atoms. The van der Waals surface area contributed by atoms with E-state index in [9.17, 15) is 4.79 Å². The molecule has 0 aliphatic rings. The maximum Gasteiger partial charge on any atom is 0.249 e. The fourth-order valence-corrected chi connectivity index (χ4v) is 2.50. The molecule has 0 atom stereocenters. The van der Waals surface area contributed by atoms with E-state index in [-0.39, 0.29) is 5.56 Å². The molecule has 1 N–H and O–H groups in total. The van der Waals surface area contributed by atoms with Crippen LogP contribution in [-0.4, -0.2) is 19.2 Å². The summed E-state index contributed by atoms with van der Waals surface area (Å²) in [4.78, 5) is 14.8. The molecular weight excluding hydrogens is 266 g/mol. The van der Waals surface area contributed by atoms with Crippen molar-refractivity contribution in [3.05, 3.63) is 58.9 Å². The van der Waals surface area contributed by atoms with Gasteiger partial charge in [-0.25, -0.2) is 0 Å². The van der Waals surface area contributed by atoms with Crippen LogP contribution in [0.2, 0.25) is 0 Å². The second-order valence-electron chi connectivity index (χ2n) is 4.63. The molecule has 0 fully saturated rings. The summed E-state index contributed by atoms with van der Waals surface area (Å²) in [6.45, 7) is 0. The van der Waals surface area contributed by atoms with Gasteiger partial charge in [-0.1, -0.05) is 30.3 Å². The third-order valence-corrected chi connectivity index (χ3v) is 3.45. The van der Waals surface area contributed by atoms with Crippen LogP contribution in [0.1, 0.15) is 0 Å². The van der Waals surface area contributed by atoms with E-state index < -0.39 is 0 Å². The zero-order valence-electron chi connectivity index (χ0n) is 11.8. The highest BCUT2D eigenvalue weighted by Crippen LogP contribution is 2.37. The molecule has 0 bridgehead atoms. The first kappa shape index (κ1) is 13.2. The van der Waals surface area contributed by atoms with Crippen LogP contribution in [0.4, 0.5) is 0 Å². The third kappa shape index (κ3) is 2.25. The summed E-state index contributed by atoms with van der Waals surface area (Å²) in [5, 5.41) is 0.836. The molecular formula is C17H15NO3. The van der Waals surface area contributed by atoms with E-state index in [0.717, 1.165) is 16.5 Å². The van der Waals surface area contributed by atoms with Crippen molar-refractivity contribution in [3.63, 3.8) is 0 Å². The molecule has 0 aliphatic carbocycles. The lowest BCUT2D eigenvalue weighted by atomic mass is 10.0. The van der Waals surface area contributed by atoms with E-state index >= 15 is 0 Å². The van der Waals surface area contributed by atoms with Crippen LogP contribution in [0, 0.1) is 0 Å². The normalized spacial score (nSPS) is 10.6. The Bertz CT molecular complexity index is 838. The Balaban J connectivity index is 2.47. The van der Waals surface area contributed by atoms with E-state index in [1.54, 1.807) is 26.4 Å². The predicted molar refractivity (Wildman–Crippen MR) is 83.1 cm³/mol. The Kier molecular flexibility index (Phi) is 3.36. The minimum absolute atomic E-state index is 0.173. The van der Waals surface area contributed by atoms with Gasteiger partial charge in [-0.2, -0.15) is 0 Å². The number of fused-ring (bicyclic) bond motifs is 1. The first-order chi connectivity index (χ1) is 10.2. The molecule has 3 rings (SSSR count). The molecule has 0 aliphatic heterocycles. The Morgan fingerprint density at radius 2 is 1.57 bits per heavy atom. The van der Waals surface area contributed by atoms with Crippen molar-refractivity contribution >= 4 is 10.9 Å². The van der Waals surface area contributed by atoms with E-state index in [1.807, 2.05) is 36.4 Å². The lowest BCUT2D eigenvalue weighted by molar-refractivity contribution is 0.410. The number of hydrogen-bond acceptors (Lipinski definition) is 3. The molecule has 0 saturated carbocycles. The summed E-state index contributed by atoms with van der Waals surface area (Å²) in [6.07, 6.45) is 0. The van der Waals surface area contributed by atoms with Gasteiger partial charge in [0.15, 0.2) is 0 Å². The summed E-state index contributed by atoms with van der Waals surface area (Å²) in [5.41, 5.74) is 2.25. The molecule has 1 heterocycles. The number of aromatic nitrogens is 1. The van der Waals surface area contributed by atoms with E-state index in [0.29, 0.717) is 17.0 Å². The Hall–Kier alpha value is -2.75. The van der Waals surface area contributed by atoms with Crippen LogP contribution in [-0.2, 0) is 0 Å². The number of pyridine rings is 1. The van der Waals surface area contributed by atoms with E-state index in [1.165, 1.54) is 0 Å². The highest BCUT2D eigenvalue weighted by Gasteiger charge is 2.14. The summed E-state index contributed by atoms with van der Waals surface area (Å²) in [5.74, 6) is 1.31. The van der Waals surface area contributed by atoms with Gasteiger partial charge in [0.2, 0.25) is 5.56 Å². The highest BCUT2D eigenvalue weighted by atomic mass is 16.5. The van der Waals surface area contributed by atoms with Gasteiger partial charge in [0, 0.05) is 11.6 Å². The number of ether oxygens (including phenoxy) is 2. The summed E-state index contributed by atoms with van der Waals surface area (Å²) in [7, 11) is 3.19. The topological polar surface area (TPSA) is 51.3 Å². The molecule has 0 radical (unpaired) electrons. The van der Waals surface area contributed by atoms with Crippen LogP contribution < -0.4 is 15.0 Å². The fourth-order valence-electron chi connectivity index (χ4n) is 2.50. The number of benzene rings is 2. The molecule has 2 aromatic carbocycles. The highest BCUT2D eigenvalue weighted by molar-refractivity contribution is 6.01. The summed E-state index contributed by atoms with van der Waals surface area (Å²) in [6, 6.07) is 15.0. The van der Waals surface area contributed by atoms with Crippen LogP contribution >= 0.6 is 0 Å². The first-order valence-corrected chi connectivity index (χ1v) is 6.58. The standard InChI is InChI=1S/C17H15NO3/c1-20-13-8-9-14(21-2)17-16(13)12(10-15(19)18-17)11-6-4-3-5-7-11/h3-10H,1-2H3,(H,18,19). The quantitative estimate of drug-likeness (QED) is 0.802. The monoisotopic (exact) mass is 281 g/mol. The molecule has 1 aromatic heterocycles. The number of hydrogen-bond donors (Lipinski definition) is 1. The van der Waals surface area contributed by atoms with Gasteiger partial charge in [0.05, 0.1) is 25.1 Å². The van der Waals surface area contributed by atoms with E-state index in [2.05, 4.69) is 4.98 Å². The minimum atomic E-state index is -0.173. The molecule has 4 nitrogen and oxygen atoms in total. The number of rotatable bonds is 3. The summed E-state index contributed by atoms with van der Waals surface area (Å²) >= 11 is 0. The zero-order chi connectivity index (χ0) is 14.8. The van der Waals surface area contributed by atoms with Crippen molar-refractivity contribution in [2.24, 2.45) is 0 Å². The van der Waals surface area contributed by atoms with Crippen molar-refractivity contribution < 1.29 is 9.47 Å². The second kappa shape index (κ2) is 5.32. The number of H-pyrrole nitrogens is 1. The molecule has 0 amide bonds. The van der Waals surface area contributed by atoms with Gasteiger partial charge in [-0.3, -0.25) is 4.79 Å². The number of methoxy groups -OCH3 is 2. The molecule has 21 heavy (non-hydrogen) atoms. The third-order valence-electron chi connectivity index (χ3n) is 3.45. The molecule has 0 saturated heterocycles. The predicted octanol–water partition coefficient (Wildman–Crippen LogP) is 3.21. The van der Waals surface area contributed by atoms with Gasteiger partial charge in [0.25, 0.3) is 0 Å². The van der Waals surface area contributed by atoms with Gasteiger partial charge in [-0.05, 0) is 17.7 Å². The van der Waals surface area contributed by atoms with E-state index in [4.69, 9.17) is 9.47 Å². The lowest BCUT2D eigenvalue weighted by Gasteiger charge is -2.13. The molecule has 3 aromatic rings. The molecule has 106 valence electrons. The van der Waals surface area contributed by atoms with Crippen LogP contribution in [0.5, 0.6) is 11.5 Å². The Labute approximate surface area is 122 Å². The lowest BCUT2D eigenvalue weighted by Crippen LogP contribution is -2.06. The van der Waals surface area contributed by atoms with Crippen molar-refractivity contribution in [3.8, 4) is 22.6 Å².